The Morgan fingerprint density at radius 3 is 2.63 bits per heavy atom. The number of benzene rings is 1. The molecule has 0 aliphatic carbocycles. The number of rotatable bonds is 4. The van der Waals surface area contributed by atoms with Crippen molar-refractivity contribution in [2.24, 2.45) is 5.84 Å². The summed E-state index contributed by atoms with van der Waals surface area (Å²) in [5, 5.41) is 1.12. The zero-order valence-electron chi connectivity index (χ0n) is 11.3. The van der Waals surface area contributed by atoms with Crippen LogP contribution in [-0.4, -0.2) is 4.98 Å². The molecule has 2 aromatic rings. The lowest BCUT2D eigenvalue weighted by Crippen LogP contribution is -2.29. The molecule has 0 aliphatic rings. The van der Waals surface area contributed by atoms with Gasteiger partial charge < -0.3 is 0 Å². The van der Waals surface area contributed by atoms with E-state index in [1.165, 1.54) is 16.0 Å². The van der Waals surface area contributed by atoms with Crippen LogP contribution in [0.1, 0.15) is 32.7 Å². The van der Waals surface area contributed by atoms with Gasteiger partial charge in [-0.1, -0.05) is 28.1 Å². The Kier molecular flexibility index (Phi) is 4.73. The summed E-state index contributed by atoms with van der Waals surface area (Å²) in [6.07, 6.45) is 0.803. The number of halogens is 1. The van der Waals surface area contributed by atoms with Crippen molar-refractivity contribution in [1.29, 1.82) is 0 Å². The van der Waals surface area contributed by atoms with Gasteiger partial charge in [-0.3, -0.25) is 11.3 Å². The molecular weight excluding hydrogens is 322 g/mol. The maximum atomic E-state index is 5.71. The summed E-state index contributed by atoms with van der Waals surface area (Å²) in [6, 6.07) is 6.39. The lowest BCUT2D eigenvalue weighted by atomic mass is 10.0. The van der Waals surface area contributed by atoms with Gasteiger partial charge in [0.25, 0.3) is 0 Å². The highest BCUT2D eigenvalue weighted by atomic mass is 79.9. The Balaban J connectivity index is 2.24. The number of hydrazine groups is 1. The fourth-order valence-electron chi connectivity index (χ4n) is 1.97. The molecule has 2 rings (SSSR count). The normalized spacial score (nSPS) is 12.7. The molecule has 0 aliphatic heterocycles. The van der Waals surface area contributed by atoms with E-state index in [-0.39, 0.29) is 6.04 Å². The van der Waals surface area contributed by atoms with E-state index in [1.54, 1.807) is 11.3 Å². The molecule has 3 nitrogen and oxygen atoms in total. The quantitative estimate of drug-likeness (QED) is 0.661. The third-order valence-corrected chi connectivity index (χ3v) is 4.97. The van der Waals surface area contributed by atoms with E-state index in [4.69, 9.17) is 5.84 Å². The maximum absolute atomic E-state index is 5.71. The highest BCUT2D eigenvalue weighted by Gasteiger charge is 2.16. The first-order valence-electron chi connectivity index (χ1n) is 6.16. The first-order chi connectivity index (χ1) is 9.01. The molecule has 3 N–H and O–H groups in total. The van der Waals surface area contributed by atoms with Gasteiger partial charge >= 0.3 is 0 Å². The van der Waals surface area contributed by atoms with Crippen molar-refractivity contribution in [3.63, 3.8) is 0 Å². The van der Waals surface area contributed by atoms with E-state index in [9.17, 15) is 0 Å². The molecule has 19 heavy (non-hydrogen) atoms. The van der Waals surface area contributed by atoms with Gasteiger partial charge in [-0.2, -0.15) is 0 Å². The van der Waals surface area contributed by atoms with Gasteiger partial charge in [0.1, 0.15) is 0 Å². The van der Waals surface area contributed by atoms with Crippen LogP contribution in [-0.2, 0) is 6.42 Å². The molecule has 0 spiro atoms. The van der Waals surface area contributed by atoms with Crippen LogP contribution in [0.25, 0.3) is 0 Å². The van der Waals surface area contributed by atoms with Crippen LogP contribution >= 0.6 is 27.3 Å². The van der Waals surface area contributed by atoms with Crippen molar-refractivity contribution in [2.75, 3.05) is 0 Å². The molecule has 1 unspecified atom stereocenters. The first kappa shape index (κ1) is 14.7. The molecule has 1 atom stereocenters. The third-order valence-electron chi connectivity index (χ3n) is 3.18. The van der Waals surface area contributed by atoms with Crippen LogP contribution in [0.5, 0.6) is 0 Å². The number of nitrogens with one attached hydrogen (secondary N) is 1. The summed E-state index contributed by atoms with van der Waals surface area (Å²) >= 11 is 5.35. The fraction of sp³-hybridized carbons (Fsp3) is 0.357. The van der Waals surface area contributed by atoms with E-state index in [1.807, 2.05) is 6.92 Å². The zero-order chi connectivity index (χ0) is 14.0. The summed E-state index contributed by atoms with van der Waals surface area (Å²) in [7, 11) is 0. The number of thiazole rings is 1. The molecular formula is C14H18BrN3S. The van der Waals surface area contributed by atoms with Crippen molar-refractivity contribution in [1.82, 2.24) is 10.4 Å². The van der Waals surface area contributed by atoms with E-state index in [0.717, 1.165) is 21.6 Å². The average Bonchev–Trinajstić information content (AvgIpc) is 2.66. The Hall–Kier alpha value is -0.750. The second kappa shape index (κ2) is 6.13. The second-order valence-corrected chi connectivity index (χ2v) is 6.84. The van der Waals surface area contributed by atoms with Gasteiger partial charge in [-0.05, 0) is 38.0 Å². The monoisotopic (exact) mass is 339 g/mol. The minimum absolute atomic E-state index is 0.0694. The van der Waals surface area contributed by atoms with Gasteiger partial charge in [0.05, 0.1) is 16.7 Å². The average molecular weight is 340 g/mol. The molecule has 102 valence electrons. The third kappa shape index (κ3) is 3.42. The van der Waals surface area contributed by atoms with E-state index in [0.29, 0.717) is 0 Å². The van der Waals surface area contributed by atoms with Crippen LogP contribution in [0.2, 0.25) is 0 Å². The molecule has 0 saturated heterocycles. The highest BCUT2D eigenvalue weighted by Crippen LogP contribution is 2.28. The van der Waals surface area contributed by atoms with Gasteiger partial charge in [-0.15, -0.1) is 11.3 Å². The Bertz CT molecular complexity index is 561. The second-order valence-electron chi connectivity index (χ2n) is 4.70. The summed E-state index contributed by atoms with van der Waals surface area (Å²) in [6.45, 7) is 6.22. The lowest BCUT2D eigenvalue weighted by Gasteiger charge is -2.17. The van der Waals surface area contributed by atoms with Crippen LogP contribution in [0.4, 0.5) is 0 Å². The lowest BCUT2D eigenvalue weighted by molar-refractivity contribution is 0.548. The van der Waals surface area contributed by atoms with E-state index >= 15 is 0 Å². The van der Waals surface area contributed by atoms with Crippen molar-refractivity contribution in [2.45, 2.75) is 33.2 Å². The number of hydrogen-bond donors (Lipinski definition) is 2. The molecule has 0 amide bonds. The summed E-state index contributed by atoms with van der Waals surface area (Å²) in [5.41, 5.74) is 6.40. The molecule has 0 radical (unpaired) electrons. The minimum Gasteiger partial charge on any atom is -0.271 e. The predicted molar refractivity (Wildman–Crippen MR) is 84.2 cm³/mol. The summed E-state index contributed by atoms with van der Waals surface area (Å²) in [4.78, 5) is 5.85. The number of nitrogens with two attached hydrogens (primary N) is 1. The molecule has 0 bridgehead atoms. The van der Waals surface area contributed by atoms with Gasteiger partial charge in [0.15, 0.2) is 0 Å². The van der Waals surface area contributed by atoms with Crippen LogP contribution in [0.3, 0.4) is 0 Å². The van der Waals surface area contributed by atoms with E-state index < -0.39 is 0 Å². The Morgan fingerprint density at radius 1 is 1.37 bits per heavy atom. The minimum atomic E-state index is 0.0694. The van der Waals surface area contributed by atoms with Crippen molar-refractivity contribution >= 4 is 27.3 Å². The first-order valence-corrected chi connectivity index (χ1v) is 7.77. The number of hydrogen-bond acceptors (Lipinski definition) is 4. The van der Waals surface area contributed by atoms with Gasteiger partial charge in [-0.25, -0.2) is 4.98 Å². The predicted octanol–water partition coefficient (Wildman–Crippen LogP) is 3.58. The standard InChI is InChI=1S/C14H18BrN3S/c1-8-4-5-11(12(15)6-8)13(18-16)7-14-17-9(2)10(3)19-14/h4-6,13,18H,7,16H2,1-3H3. The highest BCUT2D eigenvalue weighted by molar-refractivity contribution is 9.10. The van der Waals surface area contributed by atoms with Crippen LogP contribution < -0.4 is 11.3 Å². The van der Waals surface area contributed by atoms with Crippen molar-refractivity contribution in [3.8, 4) is 0 Å². The van der Waals surface area contributed by atoms with Crippen molar-refractivity contribution in [3.05, 3.63) is 49.4 Å². The molecule has 0 fully saturated rings. The van der Waals surface area contributed by atoms with Crippen LogP contribution in [0, 0.1) is 20.8 Å². The fourth-order valence-corrected chi connectivity index (χ4v) is 3.72. The zero-order valence-corrected chi connectivity index (χ0v) is 13.7. The van der Waals surface area contributed by atoms with Gasteiger partial charge in [0.2, 0.25) is 0 Å². The van der Waals surface area contributed by atoms with E-state index in [2.05, 4.69) is 58.4 Å². The SMILES string of the molecule is Cc1ccc(C(Cc2nc(C)c(C)s2)NN)c(Br)c1. The van der Waals surface area contributed by atoms with Gasteiger partial charge in [0, 0.05) is 15.8 Å². The smallest absolute Gasteiger partial charge is 0.0950 e. The summed E-state index contributed by atoms with van der Waals surface area (Å²) in [5.74, 6) is 5.71. The number of aryl methyl sites for hydroxylation is 3. The topological polar surface area (TPSA) is 50.9 Å². The van der Waals surface area contributed by atoms with Crippen LogP contribution in [0.15, 0.2) is 22.7 Å². The van der Waals surface area contributed by atoms with Crippen molar-refractivity contribution < 1.29 is 0 Å². The maximum Gasteiger partial charge on any atom is 0.0950 e. The summed E-state index contributed by atoms with van der Waals surface area (Å²) < 4.78 is 1.08. The molecule has 0 saturated carbocycles. The largest absolute Gasteiger partial charge is 0.271 e. The Morgan fingerprint density at radius 2 is 2.11 bits per heavy atom. The number of nitrogens with zero attached hydrogens (tertiary/aromatic N) is 1. The Labute approximate surface area is 126 Å². The number of aromatic nitrogens is 1. The molecule has 1 aromatic heterocycles. The molecule has 5 heteroatoms. The molecule has 1 aromatic carbocycles. The molecule has 1 heterocycles.